The second-order valence-electron chi connectivity index (χ2n) is 6.79. The fourth-order valence-electron chi connectivity index (χ4n) is 3.53. The summed E-state index contributed by atoms with van der Waals surface area (Å²) in [7, 11) is 0. The van der Waals surface area contributed by atoms with Gasteiger partial charge in [-0.25, -0.2) is 9.18 Å². The molecule has 1 atom stereocenters. The minimum Gasteiger partial charge on any atom is -0.478 e. The van der Waals surface area contributed by atoms with Crippen LogP contribution >= 0.6 is 0 Å². The zero-order valence-electron chi connectivity index (χ0n) is 14.5. The molecule has 1 N–H and O–H groups in total. The lowest BCUT2D eigenvalue weighted by molar-refractivity contribution is -0.130. The lowest BCUT2D eigenvalue weighted by Crippen LogP contribution is -2.29. The van der Waals surface area contributed by atoms with Crippen LogP contribution in [-0.2, 0) is 17.6 Å². The van der Waals surface area contributed by atoms with Crippen LogP contribution in [-0.4, -0.2) is 35.0 Å². The Labute approximate surface area is 152 Å². The highest BCUT2D eigenvalue weighted by Gasteiger charge is 2.26. The Morgan fingerprint density at radius 3 is 2.58 bits per heavy atom. The highest BCUT2D eigenvalue weighted by Crippen LogP contribution is 2.22. The summed E-state index contributed by atoms with van der Waals surface area (Å²) in [5.74, 6) is -0.755. The number of carbonyl (C=O) groups excluding carboxylic acids is 1. The maximum absolute atomic E-state index is 13.0. The summed E-state index contributed by atoms with van der Waals surface area (Å²) >= 11 is 0. The molecule has 3 rings (SSSR count). The maximum atomic E-state index is 13.0. The van der Waals surface area contributed by atoms with Gasteiger partial charge in [-0.2, -0.15) is 0 Å². The molecular formula is C21H22FNO3. The number of halogens is 1. The predicted molar refractivity (Wildman–Crippen MR) is 96.5 cm³/mol. The molecule has 2 aromatic carbocycles. The molecule has 0 saturated carbocycles. The number of benzene rings is 2. The lowest BCUT2D eigenvalue weighted by atomic mass is 9.99. The third-order valence-electron chi connectivity index (χ3n) is 4.93. The average molecular weight is 355 g/mol. The van der Waals surface area contributed by atoms with Gasteiger partial charge in [0.2, 0.25) is 5.91 Å². The Bertz CT molecular complexity index is 788. The van der Waals surface area contributed by atoms with Crippen LogP contribution in [0.3, 0.4) is 0 Å². The van der Waals surface area contributed by atoms with Gasteiger partial charge in [0, 0.05) is 19.5 Å². The Balaban J connectivity index is 1.52. The molecule has 5 heteroatoms. The maximum Gasteiger partial charge on any atom is 0.335 e. The molecule has 1 fully saturated rings. The first-order chi connectivity index (χ1) is 12.5. The Morgan fingerprint density at radius 1 is 1.12 bits per heavy atom. The van der Waals surface area contributed by atoms with Crippen LogP contribution in [0.15, 0.2) is 48.5 Å². The minimum atomic E-state index is -0.964. The number of carboxylic acids is 1. The van der Waals surface area contributed by atoms with Crippen molar-refractivity contribution in [1.29, 1.82) is 0 Å². The summed E-state index contributed by atoms with van der Waals surface area (Å²) < 4.78 is 13.0. The van der Waals surface area contributed by atoms with E-state index >= 15 is 0 Å². The van der Waals surface area contributed by atoms with Crippen molar-refractivity contribution in [2.45, 2.75) is 25.7 Å². The Hall–Kier alpha value is -2.69. The van der Waals surface area contributed by atoms with Crippen molar-refractivity contribution >= 4 is 11.9 Å². The number of carbonyl (C=O) groups is 2. The number of rotatable bonds is 6. The molecule has 1 saturated heterocycles. The second-order valence-corrected chi connectivity index (χ2v) is 6.79. The van der Waals surface area contributed by atoms with Gasteiger partial charge in [-0.15, -0.1) is 0 Å². The van der Waals surface area contributed by atoms with Crippen molar-refractivity contribution in [1.82, 2.24) is 4.90 Å². The number of likely N-dealkylation sites (tertiary alicyclic amines) is 1. The second kappa shape index (κ2) is 8.13. The van der Waals surface area contributed by atoms with Gasteiger partial charge in [-0.1, -0.05) is 30.3 Å². The molecule has 0 aromatic heterocycles. The fourth-order valence-corrected chi connectivity index (χ4v) is 3.53. The first kappa shape index (κ1) is 18.1. The van der Waals surface area contributed by atoms with E-state index < -0.39 is 5.97 Å². The van der Waals surface area contributed by atoms with Crippen molar-refractivity contribution in [2.24, 2.45) is 5.92 Å². The molecule has 26 heavy (non-hydrogen) atoms. The molecule has 136 valence electrons. The van der Waals surface area contributed by atoms with Crippen molar-refractivity contribution in [3.05, 3.63) is 71.0 Å². The quantitative estimate of drug-likeness (QED) is 0.862. The molecule has 1 aliphatic heterocycles. The van der Waals surface area contributed by atoms with E-state index in [1.807, 2.05) is 4.90 Å². The average Bonchev–Trinajstić information content (AvgIpc) is 3.10. The zero-order valence-corrected chi connectivity index (χ0v) is 14.5. The molecule has 4 nitrogen and oxygen atoms in total. The first-order valence-electron chi connectivity index (χ1n) is 8.86. The molecule has 1 unspecified atom stereocenters. The van der Waals surface area contributed by atoms with E-state index in [-0.39, 0.29) is 17.3 Å². The molecule has 0 aliphatic carbocycles. The van der Waals surface area contributed by atoms with Crippen LogP contribution in [0.4, 0.5) is 4.39 Å². The van der Waals surface area contributed by atoms with Gasteiger partial charge in [-0.3, -0.25) is 4.79 Å². The standard InChI is InChI=1S/C21H22FNO3/c22-18-8-5-15(6-9-18)13-16-11-12-23(14-16)20(24)10-7-17-3-1-2-4-19(17)21(25)26/h1-6,8-9,16H,7,10-14H2,(H,25,26). The van der Waals surface area contributed by atoms with Gasteiger partial charge in [-0.05, 0) is 54.5 Å². The fraction of sp³-hybridized carbons (Fsp3) is 0.333. The number of hydrogen-bond donors (Lipinski definition) is 1. The van der Waals surface area contributed by atoms with E-state index in [0.717, 1.165) is 24.9 Å². The van der Waals surface area contributed by atoms with Crippen molar-refractivity contribution < 1.29 is 19.1 Å². The molecule has 0 bridgehead atoms. The van der Waals surface area contributed by atoms with Crippen molar-refractivity contribution in [3.8, 4) is 0 Å². The first-order valence-corrected chi connectivity index (χ1v) is 8.86. The molecule has 1 amide bonds. The van der Waals surface area contributed by atoms with E-state index in [1.54, 1.807) is 36.4 Å². The van der Waals surface area contributed by atoms with Crippen LogP contribution in [0.1, 0.15) is 34.3 Å². The Kier molecular flexibility index (Phi) is 5.66. The van der Waals surface area contributed by atoms with Crippen molar-refractivity contribution in [3.63, 3.8) is 0 Å². The van der Waals surface area contributed by atoms with Crippen LogP contribution in [0, 0.1) is 11.7 Å². The van der Waals surface area contributed by atoms with Gasteiger partial charge in [0.25, 0.3) is 0 Å². The zero-order chi connectivity index (χ0) is 18.5. The SMILES string of the molecule is O=C(O)c1ccccc1CCC(=O)N1CCC(Cc2ccc(F)cc2)C1. The van der Waals surface area contributed by atoms with Gasteiger partial charge >= 0.3 is 5.97 Å². The predicted octanol–water partition coefficient (Wildman–Crippen LogP) is 3.55. The summed E-state index contributed by atoms with van der Waals surface area (Å²) in [6.45, 7) is 1.43. The summed E-state index contributed by atoms with van der Waals surface area (Å²) in [5.41, 5.74) is 2.03. The number of carboxylic acid groups (broad SMARTS) is 1. The third kappa shape index (κ3) is 4.48. The van der Waals surface area contributed by atoms with Gasteiger partial charge in [0.15, 0.2) is 0 Å². The van der Waals surface area contributed by atoms with Gasteiger partial charge in [0.05, 0.1) is 5.56 Å². The van der Waals surface area contributed by atoms with Gasteiger partial charge in [0.1, 0.15) is 5.82 Å². The molecule has 1 heterocycles. The van der Waals surface area contributed by atoms with E-state index in [0.29, 0.717) is 30.9 Å². The molecule has 2 aromatic rings. The number of hydrogen-bond acceptors (Lipinski definition) is 2. The summed E-state index contributed by atoms with van der Waals surface area (Å²) in [4.78, 5) is 25.6. The summed E-state index contributed by atoms with van der Waals surface area (Å²) in [5, 5.41) is 9.22. The molecular weight excluding hydrogens is 333 g/mol. The molecule has 0 spiro atoms. The topological polar surface area (TPSA) is 57.6 Å². The lowest BCUT2D eigenvalue weighted by Gasteiger charge is -2.17. The van der Waals surface area contributed by atoms with E-state index in [2.05, 4.69) is 0 Å². The summed E-state index contributed by atoms with van der Waals surface area (Å²) in [6.07, 6.45) is 2.52. The number of aromatic carboxylic acids is 1. The molecule has 0 radical (unpaired) electrons. The minimum absolute atomic E-state index is 0.0618. The van der Waals surface area contributed by atoms with Gasteiger partial charge < -0.3 is 10.0 Å². The molecule has 1 aliphatic rings. The summed E-state index contributed by atoms with van der Waals surface area (Å²) in [6, 6.07) is 13.3. The monoisotopic (exact) mass is 355 g/mol. The van der Waals surface area contributed by atoms with Crippen LogP contribution < -0.4 is 0 Å². The number of amides is 1. The van der Waals surface area contributed by atoms with Crippen LogP contribution in [0.5, 0.6) is 0 Å². The largest absolute Gasteiger partial charge is 0.478 e. The van der Waals surface area contributed by atoms with Crippen LogP contribution in [0.25, 0.3) is 0 Å². The van der Waals surface area contributed by atoms with E-state index in [4.69, 9.17) is 0 Å². The van der Waals surface area contributed by atoms with E-state index in [9.17, 15) is 19.1 Å². The van der Waals surface area contributed by atoms with Crippen LogP contribution in [0.2, 0.25) is 0 Å². The highest BCUT2D eigenvalue weighted by atomic mass is 19.1. The smallest absolute Gasteiger partial charge is 0.335 e. The third-order valence-corrected chi connectivity index (χ3v) is 4.93. The van der Waals surface area contributed by atoms with Crippen molar-refractivity contribution in [2.75, 3.05) is 13.1 Å². The number of nitrogens with zero attached hydrogens (tertiary/aromatic N) is 1. The Morgan fingerprint density at radius 2 is 1.85 bits per heavy atom. The highest BCUT2D eigenvalue weighted by molar-refractivity contribution is 5.89. The normalized spacial score (nSPS) is 16.7. The van der Waals surface area contributed by atoms with E-state index in [1.165, 1.54) is 12.1 Å². The number of aryl methyl sites for hydroxylation is 1.